The van der Waals surface area contributed by atoms with Gasteiger partial charge < -0.3 is 15.2 Å². The maximum absolute atomic E-state index is 10.6. The number of aromatic hydroxyl groups is 1. The molecule has 5 heteroatoms. The molecule has 28 heavy (non-hydrogen) atoms. The SMILES string of the molecule is COc1cccc(CN(Cc2ccccn2)C2CC(C)(C)NC(C)(C)C2)c1O. The molecule has 0 bridgehead atoms. The summed E-state index contributed by atoms with van der Waals surface area (Å²) in [5.41, 5.74) is 2.01. The summed E-state index contributed by atoms with van der Waals surface area (Å²) in [6, 6.07) is 12.1. The van der Waals surface area contributed by atoms with Crippen LogP contribution in [0.5, 0.6) is 11.5 Å². The van der Waals surface area contributed by atoms with E-state index in [-0.39, 0.29) is 16.8 Å². The number of pyridine rings is 1. The van der Waals surface area contributed by atoms with Crippen molar-refractivity contribution in [1.82, 2.24) is 15.2 Å². The maximum Gasteiger partial charge on any atom is 0.162 e. The molecule has 1 aromatic heterocycles. The number of hydrogen-bond acceptors (Lipinski definition) is 5. The Balaban J connectivity index is 1.91. The highest BCUT2D eigenvalue weighted by Gasteiger charge is 2.40. The van der Waals surface area contributed by atoms with Gasteiger partial charge in [-0.1, -0.05) is 18.2 Å². The number of aromatic nitrogens is 1. The summed E-state index contributed by atoms with van der Waals surface area (Å²) in [6.07, 6.45) is 3.91. The number of nitrogens with zero attached hydrogens (tertiary/aromatic N) is 2. The van der Waals surface area contributed by atoms with E-state index in [1.54, 1.807) is 13.2 Å². The molecule has 0 aliphatic carbocycles. The molecule has 2 aromatic rings. The third kappa shape index (κ3) is 5.03. The summed E-state index contributed by atoms with van der Waals surface area (Å²) < 4.78 is 5.31. The van der Waals surface area contributed by atoms with Crippen LogP contribution < -0.4 is 10.1 Å². The summed E-state index contributed by atoms with van der Waals surface area (Å²) >= 11 is 0. The molecule has 3 rings (SSSR count). The maximum atomic E-state index is 10.6. The molecule has 152 valence electrons. The zero-order valence-electron chi connectivity index (χ0n) is 17.7. The zero-order chi connectivity index (χ0) is 20.4. The average Bonchev–Trinajstić information content (AvgIpc) is 2.61. The first kappa shape index (κ1) is 20.6. The minimum Gasteiger partial charge on any atom is -0.504 e. The molecule has 1 aliphatic rings. The lowest BCUT2D eigenvalue weighted by Gasteiger charge is -2.49. The second-order valence-electron chi connectivity index (χ2n) is 9.15. The van der Waals surface area contributed by atoms with Crippen molar-refractivity contribution >= 4 is 0 Å². The molecule has 0 atom stereocenters. The van der Waals surface area contributed by atoms with Crippen molar-refractivity contribution < 1.29 is 9.84 Å². The molecule has 1 saturated heterocycles. The van der Waals surface area contributed by atoms with Gasteiger partial charge in [-0.25, -0.2) is 0 Å². The molecule has 0 radical (unpaired) electrons. The smallest absolute Gasteiger partial charge is 0.162 e. The van der Waals surface area contributed by atoms with Crippen molar-refractivity contribution in [2.75, 3.05) is 7.11 Å². The van der Waals surface area contributed by atoms with Crippen molar-refractivity contribution in [3.05, 3.63) is 53.9 Å². The molecule has 1 aromatic carbocycles. The molecule has 1 fully saturated rings. The largest absolute Gasteiger partial charge is 0.504 e. The predicted octanol–water partition coefficient (Wildman–Crippen LogP) is 4.11. The van der Waals surface area contributed by atoms with E-state index in [0.29, 0.717) is 18.3 Å². The third-order valence-electron chi connectivity index (χ3n) is 5.45. The van der Waals surface area contributed by atoms with Crippen molar-refractivity contribution in [2.45, 2.75) is 70.7 Å². The zero-order valence-corrected chi connectivity index (χ0v) is 17.7. The molecule has 0 amide bonds. The molecule has 0 spiro atoms. The van der Waals surface area contributed by atoms with Crippen LogP contribution in [0.1, 0.15) is 51.8 Å². The van der Waals surface area contributed by atoms with Crippen LogP contribution in [-0.4, -0.2) is 39.2 Å². The lowest BCUT2D eigenvalue weighted by molar-refractivity contribution is 0.0551. The quantitative estimate of drug-likeness (QED) is 0.786. The van der Waals surface area contributed by atoms with E-state index in [1.165, 1.54) is 0 Å². The number of methoxy groups -OCH3 is 1. The van der Waals surface area contributed by atoms with E-state index in [9.17, 15) is 5.11 Å². The number of phenolic OH excluding ortho intramolecular Hbond substituents is 1. The van der Waals surface area contributed by atoms with Gasteiger partial charge in [-0.05, 0) is 58.7 Å². The van der Waals surface area contributed by atoms with Gasteiger partial charge in [-0.3, -0.25) is 9.88 Å². The van der Waals surface area contributed by atoms with Crippen LogP contribution in [-0.2, 0) is 13.1 Å². The highest BCUT2D eigenvalue weighted by Crippen LogP contribution is 2.35. The van der Waals surface area contributed by atoms with Crippen molar-refractivity contribution in [3.8, 4) is 11.5 Å². The molecule has 2 heterocycles. The Kier molecular flexibility index (Phi) is 5.96. The second-order valence-corrected chi connectivity index (χ2v) is 9.15. The van der Waals surface area contributed by atoms with Crippen molar-refractivity contribution in [3.63, 3.8) is 0 Å². The van der Waals surface area contributed by atoms with E-state index in [2.05, 4.69) is 49.0 Å². The number of nitrogens with one attached hydrogen (secondary N) is 1. The Hall–Kier alpha value is -2.11. The predicted molar refractivity (Wildman–Crippen MR) is 112 cm³/mol. The Bertz CT molecular complexity index is 774. The van der Waals surface area contributed by atoms with E-state index in [0.717, 1.165) is 30.6 Å². The van der Waals surface area contributed by atoms with Crippen LogP contribution >= 0.6 is 0 Å². The fraction of sp³-hybridized carbons (Fsp3) is 0.522. The second kappa shape index (κ2) is 8.10. The number of para-hydroxylation sites is 1. The van der Waals surface area contributed by atoms with Gasteiger partial charge in [-0.15, -0.1) is 0 Å². The van der Waals surface area contributed by atoms with Gasteiger partial charge in [0.15, 0.2) is 11.5 Å². The molecule has 1 aliphatic heterocycles. The number of piperidine rings is 1. The summed E-state index contributed by atoms with van der Waals surface area (Å²) in [5.74, 6) is 0.740. The van der Waals surface area contributed by atoms with Crippen LogP contribution in [0.2, 0.25) is 0 Å². The first-order valence-electron chi connectivity index (χ1n) is 9.97. The Morgan fingerprint density at radius 3 is 2.39 bits per heavy atom. The van der Waals surface area contributed by atoms with Crippen molar-refractivity contribution in [1.29, 1.82) is 0 Å². The summed E-state index contributed by atoms with van der Waals surface area (Å²) in [4.78, 5) is 6.98. The number of benzene rings is 1. The Labute approximate surface area is 168 Å². The van der Waals surface area contributed by atoms with Crippen LogP contribution in [0.25, 0.3) is 0 Å². The van der Waals surface area contributed by atoms with Crippen LogP contribution in [0, 0.1) is 0 Å². The van der Waals surface area contributed by atoms with Gasteiger partial charge in [0, 0.05) is 42.0 Å². The standard InChI is InChI=1S/C23H33N3O2/c1-22(2)13-19(14-23(3,4)25-22)26(16-18-10-6-7-12-24-18)15-17-9-8-11-20(28-5)21(17)27/h6-12,19,25,27H,13-16H2,1-5H3. The van der Waals surface area contributed by atoms with Gasteiger partial charge in [0.2, 0.25) is 0 Å². The summed E-state index contributed by atoms with van der Waals surface area (Å²) in [5, 5.41) is 14.4. The lowest BCUT2D eigenvalue weighted by Crippen LogP contribution is -2.62. The van der Waals surface area contributed by atoms with Gasteiger partial charge >= 0.3 is 0 Å². The van der Waals surface area contributed by atoms with Gasteiger partial charge in [0.1, 0.15) is 0 Å². The van der Waals surface area contributed by atoms with Gasteiger partial charge in [-0.2, -0.15) is 0 Å². The minimum atomic E-state index is 0.0468. The van der Waals surface area contributed by atoms with Gasteiger partial charge in [0.05, 0.1) is 12.8 Å². The van der Waals surface area contributed by atoms with Crippen molar-refractivity contribution in [2.24, 2.45) is 0 Å². The first-order valence-corrected chi connectivity index (χ1v) is 9.97. The fourth-order valence-corrected chi connectivity index (χ4v) is 4.62. The number of hydrogen-bond donors (Lipinski definition) is 2. The summed E-state index contributed by atoms with van der Waals surface area (Å²) in [6.45, 7) is 10.5. The highest BCUT2D eigenvalue weighted by atomic mass is 16.5. The normalized spacial score (nSPS) is 18.9. The molecule has 0 unspecified atom stereocenters. The third-order valence-corrected chi connectivity index (χ3v) is 5.45. The number of phenols is 1. The van der Waals surface area contributed by atoms with Crippen LogP contribution in [0.3, 0.4) is 0 Å². The Morgan fingerprint density at radius 2 is 1.79 bits per heavy atom. The van der Waals surface area contributed by atoms with E-state index in [4.69, 9.17) is 4.74 Å². The molecule has 0 saturated carbocycles. The molecular formula is C23H33N3O2. The minimum absolute atomic E-state index is 0.0468. The topological polar surface area (TPSA) is 57.6 Å². The van der Waals surface area contributed by atoms with Crippen LogP contribution in [0.4, 0.5) is 0 Å². The Morgan fingerprint density at radius 1 is 1.07 bits per heavy atom. The number of ether oxygens (including phenoxy) is 1. The van der Waals surface area contributed by atoms with E-state index in [1.807, 2.05) is 30.5 Å². The molecule has 2 N–H and O–H groups in total. The number of rotatable bonds is 6. The van der Waals surface area contributed by atoms with E-state index < -0.39 is 0 Å². The fourth-order valence-electron chi connectivity index (χ4n) is 4.62. The molecular weight excluding hydrogens is 350 g/mol. The lowest BCUT2D eigenvalue weighted by atomic mass is 9.79. The first-order chi connectivity index (χ1) is 13.2. The monoisotopic (exact) mass is 383 g/mol. The molecule has 5 nitrogen and oxygen atoms in total. The average molecular weight is 384 g/mol. The highest BCUT2D eigenvalue weighted by molar-refractivity contribution is 5.45. The van der Waals surface area contributed by atoms with Gasteiger partial charge in [0.25, 0.3) is 0 Å². The van der Waals surface area contributed by atoms with E-state index >= 15 is 0 Å². The van der Waals surface area contributed by atoms with Crippen LogP contribution in [0.15, 0.2) is 42.6 Å². The summed E-state index contributed by atoms with van der Waals surface area (Å²) in [7, 11) is 1.59.